The van der Waals surface area contributed by atoms with Crippen LogP contribution in [0, 0.1) is 0 Å². The number of hydrogen-bond donors (Lipinski definition) is 1. The summed E-state index contributed by atoms with van der Waals surface area (Å²) >= 11 is 6.32. The van der Waals surface area contributed by atoms with E-state index in [1.807, 2.05) is 23.1 Å². The summed E-state index contributed by atoms with van der Waals surface area (Å²) in [6.45, 7) is 0.164. The van der Waals surface area contributed by atoms with Gasteiger partial charge in [-0.2, -0.15) is 5.10 Å². The molecule has 5 heterocycles. The number of nitrogens with one attached hydrogen (secondary N) is 1. The summed E-state index contributed by atoms with van der Waals surface area (Å²) in [4.78, 5) is 31.5. The Morgan fingerprint density at radius 1 is 1.11 bits per heavy atom. The summed E-state index contributed by atoms with van der Waals surface area (Å²) in [5, 5.41) is 4.35. The fourth-order valence-electron chi connectivity index (χ4n) is 4.64. The third-order valence-corrected chi connectivity index (χ3v) is 8.17. The van der Waals surface area contributed by atoms with Crippen molar-refractivity contribution in [1.82, 2.24) is 34.1 Å². The zero-order valence-electron chi connectivity index (χ0n) is 18.4. The van der Waals surface area contributed by atoms with Crippen molar-refractivity contribution in [2.45, 2.75) is 17.7 Å². The molecule has 1 N–H and O–H groups in total. The lowest BCUT2D eigenvalue weighted by molar-refractivity contribution is 0.578. The van der Waals surface area contributed by atoms with Gasteiger partial charge in [-0.25, -0.2) is 27.9 Å². The van der Waals surface area contributed by atoms with Gasteiger partial charge in [0.25, 0.3) is 5.56 Å². The Kier molecular flexibility index (Phi) is 4.90. The Morgan fingerprint density at radius 3 is 2.69 bits per heavy atom. The number of H-pyrrole nitrogens is 1. The second kappa shape index (κ2) is 7.89. The molecule has 2 atom stereocenters. The molecule has 35 heavy (non-hydrogen) atoms. The van der Waals surface area contributed by atoms with Crippen molar-refractivity contribution < 1.29 is 8.42 Å². The fourth-order valence-corrected chi connectivity index (χ4v) is 5.83. The largest absolute Gasteiger partial charge is 0.343 e. The SMILES string of the molecule is CS(=O)(=O)[C@H]1C[C@@H](c2nn3ccc(Cl)c3c(=O)n2-c2ccccc2)N(c2ncnc3[nH]cnc23)C1. The minimum Gasteiger partial charge on any atom is -0.343 e. The predicted molar refractivity (Wildman–Crippen MR) is 131 cm³/mol. The molecule has 1 saturated heterocycles. The molecule has 0 spiro atoms. The van der Waals surface area contributed by atoms with Gasteiger partial charge in [0, 0.05) is 19.0 Å². The van der Waals surface area contributed by atoms with Gasteiger partial charge in [-0.3, -0.25) is 9.36 Å². The van der Waals surface area contributed by atoms with E-state index in [1.54, 1.807) is 24.4 Å². The lowest BCUT2D eigenvalue weighted by atomic mass is 10.2. The summed E-state index contributed by atoms with van der Waals surface area (Å²) in [6, 6.07) is 10.1. The summed E-state index contributed by atoms with van der Waals surface area (Å²) in [5.41, 5.74) is 1.50. The van der Waals surface area contributed by atoms with Crippen LogP contribution in [0.2, 0.25) is 5.02 Å². The van der Waals surface area contributed by atoms with Crippen LogP contribution in [0.1, 0.15) is 18.3 Å². The maximum absolute atomic E-state index is 13.7. The van der Waals surface area contributed by atoms with E-state index in [9.17, 15) is 13.2 Å². The first-order valence-corrected chi connectivity index (χ1v) is 13.1. The third-order valence-electron chi connectivity index (χ3n) is 6.31. The molecule has 0 amide bonds. The van der Waals surface area contributed by atoms with Crippen LogP contribution >= 0.6 is 11.6 Å². The van der Waals surface area contributed by atoms with Crippen molar-refractivity contribution in [3.05, 3.63) is 76.5 Å². The molecule has 0 radical (unpaired) electrons. The van der Waals surface area contributed by atoms with E-state index in [0.29, 0.717) is 28.5 Å². The maximum Gasteiger partial charge on any atom is 0.284 e. The number of halogens is 1. The zero-order chi connectivity index (χ0) is 24.3. The van der Waals surface area contributed by atoms with Gasteiger partial charge in [0.2, 0.25) is 0 Å². The van der Waals surface area contributed by atoms with Crippen molar-refractivity contribution in [1.29, 1.82) is 0 Å². The highest BCUT2D eigenvalue weighted by atomic mass is 35.5. The average Bonchev–Trinajstić information content (AvgIpc) is 3.57. The number of para-hydroxylation sites is 1. The van der Waals surface area contributed by atoms with Crippen molar-refractivity contribution in [2.75, 3.05) is 17.7 Å². The molecule has 1 aliphatic heterocycles. The highest BCUT2D eigenvalue weighted by Crippen LogP contribution is 2.39. The number of benzene rings is 1. The fraction of sp³-hybridized carbons (Fsp3) is 0.227. The first kappa shape index (κ1) is 21.7. The van der Waals surface area contributed by atoms with Gasteiger partial charge < -0.3 is 9.88 Å². The number of nitrogens with zero attached hydrogens (tertiary/aromatic N) is 7. The van der Waals surface area contributed by atoms with Gasteiger partial charge >= 0.3 is 0 Å². The van der Waals surface area contributed by atoms with E-state index in [4.69, 9.17) is 16.7 Å². The monoisotopic (exact) mass is 510 g/mol. The van der Waals surface area contributed by atoms with Crippen LogP contribution < -0.4 is 10.5 Å². The Bertz CT molecular complexity index is 1750. The molecule has 6 rings (SSSR count). The molecule has 4 aromatic heterocycles. The van der Waals surface area contributed by atoms with Gasteiger partial charge in [0.15, 0.2) is 27.1 Å². The standard InChI is InChI=1S/C22H19ClN8O3S/c1-35(33,34)14-9-16(29(10-14)21-17-19(25-11-24-17)26-12-27-21)20-28-30-8-7-15(23)18(30)22(32)31(20)13-5-3-2-4-6-13/h2-8,11-12,14,16H,9-10H2,1H3,(H,24,25,26,27)/t14-,16-/m0/s1. The van der Waals surface area contributed by atoms with Crippen LogP contribution in [0.15, 0.2) is 60.0 Å². The van der Waals surface area contributed by atoms with Gasteiger partial charge in [-0.1, -0.05) is 29.8 Å². The molecule has 1 aliphatic rings. The highest BCUT2D eigenvalue weighted by Gasteiger charge is 2.42. The van der Waals surface area contributed by atoms with Gasteiger partial charge in [-0.15, -0.1) is 0 Å². The van der Waals surface area contributed by atoms with Crippen LogP contribution in [0.3, 0.4) is 0 Å². The number of hydrogen-bond acceptors (Lipinski definition) is 8. The molecule has 1 aromatic carbocycles. The lowest BCUT2D eigenvalue weighted by Crippen LogP contribution is -2.33. The van der Waals surface area contributed by atoms with E-state index in [0.717, 1.165) is 0 Å². The predicted octanol–water partition coefficient (Wildman–Crippen LogP) is 2.17. The van der Waals surface area contributed by atoms with Crippen LogP contribution in [0.5, 0.6) is 0 Å². The second-order valence-corrected chi connectivity index (χ2v) is 11.2. The van der Waals surface area contributed by atoms with E-state index in [1.165, 1.54) is 28.0 Å². The number of fused-ring (bicyclic) bond motifs is 2. The third kappa shape index (κ3) is 3.48. The van der Waals surface area contributed by atoms with Crippen LogP contribution in [-0.4, -0.2) is 60.6 Å². The number of rotatable bonds is 4. The summed E-state index contributed by atoms with van der Waals surface area (Å²) in [5.74, 6) is 0.835. The highest BCUT2D eigenvalue weighted by molar-refractivity contribution is 7.91. The number of aromatic amines is 1. The molecule has 0 saturated carbocycles. The molecular weight excluding hydrogens is 492 g/mol. The van der Waals surface area contributed by atoms with E-state index in [2.05, 4.69) is 19.9 Å². The molecule has 178 valence electrons. The number of sulfone groups is 1. The van der Waals surface area contributed by atoms with Crippen LogP contribution in [-0.2, 0) is 9.84 Å². The number of anilines is 1. The zero-order valence-corrected chi connectivity index (χ0v) is 20.0. The Labute approximate surface area is 204 Å². The molecular formula is C22H19ClN8O3S. The van der Waals surface area contributed by atoms with Crippen molar-refractivity contribution in [3.8, 4) is 5.69 Å². The van der Waals surface area contributed by atoms with Crippen molar-refractivity contribution in [2.24, 2.45) is 0 Å². The maximum atomic E-state index is 13.7. The Hall–Kier alpha value is -3.77. The van der Waals surface area contributed by atoms with Gasteiger partial charge in [0.05, 0.1) is 28.3 Å². The smallest absolute Gasteiger partial charge is 0.284 e. The summed E-state index contributed by atoms with van der Waals surface area (Å²) in [7, 11) is -3.41. The minimum absolute atomic E-state index is 0.164. The van der Waals surface area contributed by atoms with Gasteiger partial charge in [-0.05, 0) is 24.6 Å². The molecule has 0 aliphatic carbocycles. The van der Waals surface area contributed by atoms with Crippen LogP contribution in [0.25, 0.3) is 22.4 Å². The normalized spacial score (nSPS) is 18.6. The molecule has 0 unspecified atom stereocenters. The average molecular weight is 511 g/mol. The summed E-state index contributed by atoms with van der Waals surface area (Å²) < 4.78 is 28.2. The molecule has 11 nitrogen and oxygen atoms in total. The number of aromatic nitrogens is 7. The van der Waals surface area contributed by atoms with Crippen molar-refractivity contribution >= 4 is 43.9 Å². The number of imidazole rings is 1. The van der Waals surface area contributed by atoms with E-state index in [-0.39, 0.29) is 29.1 Å². The van der Waals surface area contributed by atoms with E-state index >= 15 is 0 Å². The quantitative estimate of drug-likeness (QED) is 0.389. The molecule has 5 aromatic rings. The summed E-state index contributed by atoms with van der Waals surface area (Å²) in [6.07, 6.45) is 5.95. The topological polar surface area (TPSA) is 131 Å². The van der Waals surface area contributed by atoms with Crippen molar-refractivity contribution in [3.63, 3.8) is 0 Å². The molecule has 1 fully saturated rings. The first-order chi connectivity index (χ1) is 16.8. The first-order valence-electron chi connectivity index (χ1n) is 10.8. The minimum atomic E-state index is -3.41. The van der Waals surface area contributed by atoms with E-state index < -0.39 is 21.1 Å². The van der Waals surface area contributed by atoms with Crippen LogP contribution in [0.4, 0.5) is 5.82 Å². The lowest BCUT2D eigenvalue weighted by Gasteiger charge is -2.27. The Morgan fingerprint density at radius 2 is 1.91 bits per heavy atom. The second-order valence-electron chi connectivity index (χ2n) is 8.44. The Balaban J connectivity index is 1.63. The molecule has 13 heteroatoms. The molecule has 0 bridgehead atoms. The van der Waals surface area contributed by atoms with Gasteiger partial charge in [0.1, 0.15) is 17.4 Å².